The van der Waals surface area contributed by atoms with Gasteiger partial charge in [0.15, 0.2) is 0 Å². The average molecular weight is 423 g/mol. The van der Waals surface area contributed by atoms with Crippen LogP contribution in [0.1, 0.15) is 41.6 Å². The number of para-hydroxylation sites is 1. The molecule has 2 aromatic rings. The third-order valence-electron chi connectivity index (χ3n) is 5.51. The molecule has 1 N–H and O–H groups in total. The van der Waals surface area contributed by atoms with Crippen LogP contribution in [0.2, 0.25) is 0 Å². The van der Waals surface area contributed by atoms with E-state index in [9.17, 15) is 22.0 Å². The van der Waals surface area contributed by atoms with E-state index in [1.807, 2.05) is 24.3 Å². The van der Waals surface area contributed by atoms with E-state index in [-0.39, 0.29) is 16.9 Å². The van der Waals surface area contributed by atoms with Gasteiger partial charge in [-0.3, -0.25) is 4.79 Å². The fourth-order valence-electron chi connectivity index (χ4n) is 3.93. The molecule has 0 spiro atoms. The zero-order valence-corrected chi connectivity index (χ0v) is 16.8. The monoisotopic (exact) mass is 423 g/mol. The van der Waals surface area contributed by atoms with E-state index in [1.54, 1.807) is 7.11 Å². The predicted molar refractivity (Wildman–Crippen MR) is 105 cm³/mol. The van der Waals surface area contributed by atoms with Crippen molar-refractivity contribution in [3.05, 3.63) is 59.7 Å². The maximum absolute atomic E-state index is 12.6. The summed E-state index contributed by atoms with van der Waals surface area (Å²) in [5, 5.41) is 2.92. The minimum Gasteiger partial charge on any atom is -0.496 e. The summed E-state index contributed by atoms with van der Waals surface area (Å²) in [7, 11) is -3.06. The third-order valence-corrected chi connectivity index (χ3v) is 6.90. The van der Waals surface area contributed by atoms with Gasteiger partial charge >= 0.3 is 5.76 Å². The number of sulfone groups is 1. The Morgan fingerprint density at radius 2 is 1.72 bits per heavy atom. The summed E-state index contributed by atoms with van der Waals surface area (Å²) in [5.41, 5.74) is 1.03. The number of alkyl halides is 2. The van der Waals surface area contributed by atoms with Crippen LogP contribution in [0.15, 0.2) is 53.4 Å². The molecule has 0 saturated heterocycles. The Balaban J connectivity index is 1.77. The number of methoxy groups -OCH3 is 1. The maximum atomic E-state index is 12.6. The van der Waals surface area contributed by atoms with E-state index in [0.717, 1.165) is 49.1 Å². The second-order valence-electron chi connectivity index (χ2n) is 7.20. The summed E-state index contributed by atoms with van der Waals surface area (Å²) >= 11 is 0. The van der Waals surface area contributed by atoms with Gasteiger partial charge in [-0.15, -0.1) is 0 Å². The Kier molecular flexibility index (Phi) is 6.21. The molecule has 1 aliphatic rings. The molecule has 0 radical (unpaired) electrons. The van der Waals surface area contributed by atoms with Crippen LogP contribution < -0.4 is 10.1 Å². The summed E-state index contributed by atoms with van der Waals surface area (Å²) in [4.78, 5) is 12.1. The van der Waals surface area contributed by atoms with Gasteiger partial charge in [-0.2, -0.15) is 8.78 Å². The first kappa shape index (κ1) is 21.2. The van der Waals surface area contributed by atoms with Gasteiger partial charge in [0.2, 0.25) is 9.84 Å². The van der Waals surface area contributed by atoms with Crippen molar-refractivity contribution in [3.63, 3.8) is 0 Å². The summed E-state index contributed by atoms with van der Waals surface area (Å²) in [6.45, 7) is 0.406. The van der Waals surface area contributed by atoms with E-state index < -0.39 is 20.5 Å². The first-order valence-electron chi connectivity index (χ1n) is 9.34. The van der Waals surface area contributed by atoms with Crippen molar-refractivity contribution < 1.29 is 26.7 Å². The van der Waals surface area contributed by atoms with E-state index >= 15 is 0 Å². The number of hydrogen-bond acceptors (Lipinski definition) is 4. The van der Waals surface area contributed by atoms with Gasteiger partial charge in [0.05, 0.1) is 12.0 Å². The Morgan fingerprint density at radius 1 is 1.10 bits per heavy atom. The van der Waals surface area contributed by atoms with Crippen LogP contribution in [0.3, 0.4) is 0 Å². The average Bonchev–Trinajstić information content (AvgIpc) is 3.22. The molecule has 0 unspecified atom stereocenters. The lowest BCUT2D eigenvalue weighted by molar-refractivity contribution is 0.0942. The normalized spacial score (nSPS) is 16.0. The first-order valence-corrected chi connectivity index (χ1v) is 10.9. The molecule has 29 heavy (non-hydrogen) atoms. The topological polar surface area (TPSA) is 72.5 Å². The number of ether oxygens (including phenoxy) is 1. The van der Waals surface area contributed by atoms with Crippen LogP contribution in [-0.2, 0) is 15.3 Å². The number of carbonyl (C=O) groups excluding carboxylic acids is 1. The quantitative estimate of drug-likeness (QED) is 0.732. The standard InChI is InChI=1S/C21H23F2NO4S/c1-28-18-7-3-2-6-17(18)21(12-4-5-13-21)14-24-19(25)15-8-10-16(11-9-15)29(26,27)20(22)23/h2-3,6-11,20H,4-5,12-14H2,1H3,(H,24,25). The van der Waals surface area contributed by atoms with E-state index in [2.05, 4.69) is 5.32 Å². The van der Waals surface area contributed by atoms with Crippen LogP contribution in [0.5, 0.6) is 5.75 Å². The molecule has 2 aromatic carbocycles. The number of benzene rings is 2. The van der Waals surface area contributed by atoms with Gasteiger partial charge in [-0.05, 0) is 43.2 Å². The predicted octanol–water partition coefficient (Wildman–Crippen LogP) is 3.93. The lowest BCUT2D eigenvalue weighted by atomic mass is 9.78. The number of halogens is 2. The minimum absolute atomic E-state index is 0.214. The highest BCUT2D eigenvalue weighted by Crippen LogP contribution is 2.44. The zero-order valence-electron chi connectivity index (χ0n) is 16.0. The van der Waals surface area contributed by atoms with Crippen molar-refractivity contribution in [2.75, 3.05) is 13.7 Å². The minimum atomic E-state index is -4.68. The van der Waals surface area contributed by atoms with Gasteiger partial charge in [0.1, 0.15) is 5.75 Å². The fourth-order valence-corrected chi connectivity index (χ4v) is 4.65. The Labute approximate surface area is 169 Å². The lowest BCUT2D eigenvalue weighted by Crippen LogP contribution is -2.39. The van der Waals surface area contributed by atoms with Crippen molar-refractivity contribution in [2.24, 2.45) is 0 Å². The van der Waals surface area contributed by atoms with Crippen molar-refractivity contribution in [1.29, 1.82) is 0 Å². The number of nitrogens with one attached hydrogen (secondary N) is 1. The molecular weight excluding hydrogens is 400 g/mol. The third kappa shape index (κ3) is 4.27. The smallest absolute Gasteiger partial charge is 0.341 e. The summed E-state index contributed by atoms with van der Waals surface area (Å²) in [6, 6.07) is 12.3. The molecule has 156 valence electrons. The first-order chi connectivity index (χ1) is 13.8. The number of carbonyl (C=O) groups is 1. The van der Waals surface area contributed by atoms with Crippen LogP contribution in [0.25, 0.3) is 0 Å². The molecule has 0 atom stereocenters. The van der Waals surface area contributed by atoms with Crippen molar-refractivity contribution in [1.82, 2.24) is 5.32 Å². The van der Waals surface area contributed by atoms with Gasteiger partial charge in [-0.25, -0.2) is 8.42 Å². The van der Waals surface area contributed by atoms with Gasteiger partial charge < -0.3 is 10.1 Å². The molecule has 1 saturated carbocycles. The maximum Gasteiger partial charge on any atom is 0.341 e. The Morgan fingerprint density at radius 3 is 2.31 bits per heavy atom. The van der Waals surface area contributed by atoms with Crippen LogP contribution in [0, 0.1) is 0 Å². The fraction of sp³-hybridized carbons (Fsp3) is 0.381. The van der Waals surface area contributed by atoms with Crippen molar-refractivity contribution in [2.45, 2.75) is 41.8 Å². The van der Waals surface area contributed by atoms with Crippen LogP contribution >= 0.6 is 0 Å². The zero-order chi connectivity index (χ0) is 21.1. The van der Waals surface area contributed by atoms with Crippen molar-refractivity contribution >= 4 is 15.7 Å². The molecular formula is C21H23F2NO4S. The summed E-state index contributed by atoms with van der Waals surface area (Å²) in [6.07, 6.45) is 3.93. The number of rotatable bonds is 7. The number of hydrogen-bond donors (Lipinski definition) is 1. The van der Waals surface area contributed by atoms with E-state index in [4.69, 9.17) is 4.74 Å². The second kappa shape index (κ2) is 8.49. The highest BCUT2D eigenvalue weighted by Gasteiger charge is 2.38. The molecule has 8 heteroatoms. The van der Waals surface area contributed by atoms with Gasteiger partial charge in [-0.1, -0.05) is 31.0 Å². The highest BCUT2D eigenvalue weighted by molar-refractivity contribution is 7.91. The molecule has 5 nitrogen and oxygen atoms in total. The van der Waals surface area contributed by atoms with Crippen molar-refractivity contribution in [3.8, 4) is 5.75 Å². The second-order valence-corrected chi connectivity index (χ2v) is 9.12. The SMILES string of the molecule is COc1ccccc1C1(CNC(=O)c2ccc(S(=O)(=O)C(F)F)cc2)CCCC1. The van der Waals surface area contributed by atoms with Crippen LogP contribution in [-0.4, -0.2) is 33.7 Å². The lowest BCUT2D eigenvalue weighted by Gasteiger charge is -2.31. The molecule has 1 fully saturated rings. The van der Waals surface area contributed by atoms with Gasteiger partial charge in [0, 0.05) is 23.1 Å². The molecule has 3 rings (SSSR count). The number of amides is 1. The van der Waals surface area contributed by atoms with E-state index in [0.29, 0.717) is 6.54 Å². The summed E-state index contributed by atoms with van der Waals surface area (Å²) in [5.74, 6) is -3.09. The van der Waals surface area contributed by atoms with Gasteiger partial charge in [0.25, 0.3) is 5.91 Å². The summed E-state index contributed by atoms with van der Waals surface area (Å²) < 4.78 is 53.8. The molecule has 0 bridgehead atoms. The Hall–Kier alpha value is -2.48. The molecule has 1 aliphatic carbocycles. The Bertz CT molecular complexity index is 968. The molecule has 0 heterocycles. The molecule has 0 aromatic heterocycles. The largest absolute Gasteiger partial charge is 0.496 e. The van der Waals surface area contributed by atoms with Crippen LogP contribution in [0.4, 0.5) is 8.78 Å². The highest BCUT2D eigenvalue weighted by atomic mass is 32.2. The molecule has 0 aliphatic heterocycles. The van der Waals surface area contributed by atoms with E-state index in [1.165, 1.54) is 12.1 Å². The molecule has 1 amide bonds.